The molecule has 1 aromatic carbocycles. The lowest BCUT2D eigenvalue weighted by Gasteiger charge is -2.17. The van der Waals surface area contributed by atoms with Crippen LogP contribution in [0.5, 0.6) is 0 Å². The van der Waals surface area contributed by atoms with Crippen molar-refractivity contribution in [3.8, 4) is 0 Å². The number of nitrogens with one attached hydrogen (secondary N) is 1. The Labute approximate surface area is 114 Å². The van der Waals surface area contributed by atoms with Crippen LogP contribution < -0.4 is 5.32 Å². The van der Waals surface area contributed by atoms with Gasteiger partial charge in [0.2, 0.25) is 0 Å². The van der Waals surface area contributed by atoms with Crippen molar-refractivity contribution in [3.05, 3.63) is 48.0 Å². The van der Waals surface area contributed by atoms with Gasteiger partial charge in [-0.05, 0) is 19.0 Å². The van der Waals surface area contributed by atoms with Crippen LogP contribution in [0.3, 0.4) is 0 Å². The van der Waals surface area contributed by atoms with E-state index < -0.39 is 0 Å². The number of hydrogen-bond acceptors (Lipinski definition) is 3. The SMILES string of the molecule is CCNCC(Cc1ncnn1CC)c1ccccc1. The Balaban J connectivity index is 2.14. The molecule has 2 aromatic rings. The summed E-state index contributed by atoms with van der Waals surface area (Å²) >= 11 is 0. The molecule has 0 fully saturated rings. The maximum atomic E-state index is 4.38. The van der Waals surface area contributed by atoms with E-state index in [-0.39, 0.29) is 0 Å². The van der Waals surface area contributed by atoms with Crippen molar-refractivity contribution in [1.82, 2.24) is 20.1 Å². The molecule has 1 atom stereocenters. The lowest BCUT2D eigenvalue weighted by molar-refractivity contribution is 0.544. The van der Waals surface area contributed by atoms with E-state index in [1.807, 2.05) is 4.68 Å². The average Bonchev–Trinajstić information content (AvgIpc) is 2.91. The Morgan fingerprint density at radius 1 is 1.21 bits per heavy atom. The predicted octanol–water partition coefficient (Wildman–Crippen LogP) is 2.23. The van der Waals surface area contributed by atoms with Gasteiger partial charge in [-0.15, -0.1) is 0 Å². The molecule has 4 nitrogen and oxygen atoms in total. The molecule has 0 aliphatic carbocycles. The van der Waals surface area contributed by atoms with Gasteiger partial charge >= 0.3 is 0 Å². The normalized spacial score (nSPS) is 12.5. The van der Waals surface area contributed by atoms with Crippen LogP contribution in [-0.2, 0) is 13.0 Å². The summed E-state index contributed by atoms with van der Waals surface area (Å²) in [7, 11) is 0. The highest BCUT2D eigenvalue weighted by Gasteiger charge is 2.15. The smallest absolute Gasteiger partial charge is 0.138 e. The summed E-state index contributed by atoms with van der Waals surface area (Å²) in [5, 5.41) is 7.69. The third kappa shape index (κ3) is 3.64. The van der Waals surface area contributed by atoms with Gasteiger partial charge < -0.3 is 5.32 Å². The van der Waals surface area contributed by atoms with E-state index in [0.717, 1.165) is 31.9 Å². The third-order valence-corrected chi connectivity index (χ3v) is 3.34. The van der Waals surface area contributed by atoms with Gasteiger partial charge in [-0.25, -0.2) is 4.98 Å². The van der Waals surface area contributed by atoms with E-state index in [0.29, 0.717) is 5.92 Å². The van der Waals surface area contributed by atoms with Crippen LogP contribution in [0, 0.1) is 0 Å². The van der Waals surface area contributed by atoms with Crippen molar-refractivity contribution >= 4 is 0 Å². The van der Waals surface area contributed by atoms with Crippen molar-refractivity contribution in [1.29, 1.82) is 0 Å². The molecule has 0 saturated carbocycles. The molecule has 1 N–H and O–H groups in total. The molecular weight excluding hydrogens is 236 g/mol. The van der Waals surface area contributed by atoms with Gasteiger partial charge in [-0.3, -0.25) is 4.68 Å². The first-order chi connectivity index (χ1) is 9.35. The van der Waals surface area contributed by atoms with Crippen LogP contribution in [0.2, 0.25) is 0 Å². The molecule has 0 bridgehead atoms. The van der Waals surface area contributed by atoms with Crippen molar-refractivity contribution in [2.45, 2.75) is 32.7 Å². The fourth-order valence-corrected chi connectivity index (χ4v) is 2.28. The quantitative estimate of drug-likeness (QED) is 0.828. The number of rotatable bonds is 7. The maximum Gasteiger partial charge on any atom is 0.138 e. The minimum absolute atomic E-state index is 0.440. The molecule has 0 aliphatic rings. The third-order valence-electron chi connectivity index (χ3n) is 3.34. The van der Waals surface area contributed by atoms with Gasteiger partial charge in [0, 0.05) is 25.4 Å². The largest absolute Gasteiger partial charge is 0.316 e. The lowest BCUT2D eigenvalue weighted by atomic mass is 9.95. The van der Waals surface area contributed by atoms with Crippen LogP contribution in [0.15, 0.2) is 36.7 Å². The minimum atomic E-state index is 0.440. The highest BCUT2D eigenvalue weighted by Crippen LogP contribution is 2.19. The zero-order valence-electron chi connectivity index (χ0n) is 11.7. The Bertz CT molecular complexity index is 478. The molecule has 0 aliphatic heterocycles. The summed E-state index contributed by atoms with van der Waals surface area (Å²) in [6, 6.07) is 10.6. The summed E-state index contributed by atoms with van der Waals surface area (Å²) in [5.41, 5.74) is 1.36. The standard InChI is InChI=1S/C15H22N4/c1-3-16-11-14(13-8-6-5-7-9-13)10-15-17-12-18-19(15)4-2/h5-9,12,14,16H,3-4,10-11H2,1-2H3. The number of aryl methyl sites for hydroxylation is 1. The second-order valence-corrected chi connectivity index (χ2v) is 4.61. The van der Waals surface area contributed by atoms with Gasteiger partial charge in [0.1, 0.15) is 12.2 Å². The molecule has 1 unspecified atom stereocenters. The molecule has 0 radical (unpaired) electrons. The van der Waals surface area contributed by atoms with Gasteiger partial charge in [0.05, 0.1) is 0 Å². The lowest BCUT2D eigenvalue weighted by Crippen LogP contribution is -2.23. The van der Waals surface area contributed by atoms with Crippen LogP contribution in [-0.4, -0.2) is 27.9 Å². The van der Waals surface area contributed by atoms with E-state index >= 15 is 0 Å². The molecule has 0 saturated heterocycles. The summed E-state index contributed by atoms with van der Waals surface area (Å²) < 4.78 is 1.97. The van der Waals surface area contributed by atoms with Crippen LogP contribution >= 0.6 is 0 Å². The van der Waals surface area contributed by atoms with Crippen molar-refractivity contribution in [2.24, 2.45) is 0 Å². The Morgan fingerprint density at radius 3 is 2.68 bits per heavy atom. The van der Waals surface area contributed by atoms with E-state index in [2.05, 4.69) is 59.6 Å². The molecule has 19 heavy (non-hydrogen) atoms. The molecule has 102 valence electrons. The monoisotopic (exact) mass is 258 g/mol. The second kappa shape index (κ2) is 7.04. The Hall–Kier alpha value is -1.68. The molecule has 0 amide bonds. The molecular formula is C15H22N4. The fourth-order valence-electron chi connectivity index (χ4n) is 2.28. The number of nitrogens with zero attached hydrogens (tertiary/aromatic N) is 3. The first-order valence-electron chi connectivity index (χ1n) is 6.97. The van der Waals surface area contributed by atoms with Crippen molar-refractivity contribution < 1.29 is 0 Å². The Kier molecular flexibility index (Phi) is 5.10. The highest BCUT2D eigenvalue weighted by molar-refractivity contribution is 5.21. The molecule has 4 heteroatoms. The molecule has 0 spiro atoms. The van der Waals surface area contributed by atoms with E-state index in [9.17, 15) is 0 Å². The van der Waals surface area contributed by atoms with Gasteiger partial charge in [-0.1, -0.05) is 37.3 Å². The van der Waals surface area contributed by atoms with Gasteiger partial charge in [0.15, 0.2) is 0 Å². The first-order valence-corrected chi connectivity index (χ1v) is 6.97. The van der Waals surface area contributed by atoms with Crippen LogP contribution in [0.25, 0.3) is 0 Å². The molecule has 2 rings (SSSR count). The Morgan fingerprint density at radius 2 is 2.00 bits per heavy atom. The topological polar surface area (TPSA) is 42.7 Å². The number of benzene rings is 1. The summed E-state index contributed by atoms with van der Waals surface area (Å²) in [4.78, 5) is 4.38. The summed E-state index contributed by atoms with van der Waals surface area (Å²) in [6.07, 6.45) is 2.57. The minimum Gasteiger partial charge on any atom is -0.316 e. The number of likely N-dealkylation sites (N-methyl/N-ethyl adjacent to an activating group) is 1. The van der Waals surface area contributed by atoms with Gasteiger partial charge in [0.25, 0.3) is 0 Å². The fraction of sp³-hybridized carbons (Fsp3) is 0.467. The average molecular weight is 258 g/mol. The number of hydrogen-bond donors (Lipinski definition) is 1. The molecule has 1 aromatic heterocycles. The number of aromatic nitrogens is 3. The second-order valence-electron chi connectivity index (χ2n) is 4.61. The van der Waals surface area contributed by atoms with Crippen molar-refractivity contribution in [3.63, 3.8) is 0 Å². The van der Waals surface area contributed by atoms with E-state index in [1.165, 1.54) is 5.56 Å². The van der Waals surface area contributed by atoms with Gasteiger partial charge in [-0.2, -0.15) is 5.10 Å². The zero-order chi connectivity index (χ0) is 13.5. The van der Waals surface area contributed by atoms with Crippen molar-refractivity contribution in [2.75, 3.05) is 13.1 Å². The zero-order valence-corrected chi connectivity index (χ0v) is 11.7. The maximum absolute atomic E-state index is 4.38. The molecule has 1 heterocycles. The van der Waals surface area contributed by atoms with Crippen LogP contribution in [0.1, 0.15) is 31.2 Å². The first kappa shape index (κ1) is 13.7. The summed E-state index contributed by atoms with van der Waals surface area (Å²) in [6.45, 7) is 7.07. The predicted molar refractivity (Wildman–Crippen MR) is 77.1 cm³/mol. The summed E-state index contributed by atoms with van der Waals surface area (Å²) in [5.74, 6) is 1.50. The highest BCUT2D eigenvalue weighted by atomic mass is 15.3. The van der Waals surface area contributed by atoms with E-state index in [4.69, 9.17) is 0 Å². The van der Waals surface area contributed by atoms with Crippen LogP contribution in [0.4, 0.5) is 0 Å². The van der Waals surface area contributed by atoms with E-state index in [1.54, 1.807) is 6.33 Å².